The van der Waals surface area contributed by atoms with Gasteiger partial charge in [-0.05, 0) is 110 Å². The summed E-state index contributed by atoms with van der Waals surface area (Å²) in [6, 6.07) is 80.0. The Morgan fingerprint density at radius 1 is 0.305 bits per heavy atom. The van der Waals surface area contributed by atoms with Crippen LogP contribution in [0.25, 0.3) is 71.3 Å². The molecule has 280 valence electrons. The van der Waals surface area contributed by atoms with Gasteiger partial charge in [-0.15, -0.1) is 0 Å². The van der Waals surface area contributed by atoms with E-state index in [0.29, 0.717) is 0 Å². The van der Waals surface area contributed by atoms with E-state index in [9.17, 15) is 0 Å². The van der Waals surface area contributed by atoms with Gasteiger partial charge in [0.2, 0.25) is 0 Å². The van der Waals surface area contributed by atoms with E-state index in [-0.39, 0.29) is 5.41 Å². The lowest BCUT2D eigenvalue weighted by Gasteiger charge is -2.42. The highest BCUT2D eigenvalue weighted by atomic mass is 15.2. The van der Waals surface area contributed by atoms with Crippen molar-refractivity contribution in [1.82, 2.24) is 4.57 Å². The Hall–Kier alpha value is -7.42. The van der Waals surface area contributed by atoms with E-state index < -0.39 is 0 Å². The minimum Gasteiger partial charge on any atom is -0.310 e. The average Bonchev–Trinajstić information content (AvgIpc) is 3.34. The van der Waals surface area contributed by atoms with Crippen LogP contribution in [0, 0.1) is 0 Å². The van der Waals surface area contributed by atoms with Gasteiger partial charge in [-0.25, -0.2) is 0 Å². The van der Waals surface area contributed by atoms with E-state index in [1.165, 1.54) is 77.1 Å². The van der Waals surface area contributed by atoms with E-state index in [1.54, 1.807) is 0 Å². The first-order chi connectivity index (χ1) is 29.0. The molecule has 0 fully saturated rings. The first-order valence-electron chi connectivity index (χ1n) is 20.5. The molecule has 10 aromatic rings. The molecule has 0 aliphatic carbocycles. The number of hydrogen-bond acceptors (Lipinski definition) is 1. The molecule has 0 atom stereocenters. The smallest absolute Gasteiger partial charge is 0.0540 e. The normalized spacial score (nSPS) is 13.0. The minimum atomic E-state index is -0.158. The summed E-state index contributed by atoms with van der Waals surface area (Å²) in [5, 5.41) is 7.34. The predicted octanol–water partition coefficient (Wildman–Crippen LogP) is 15.7. The van der Waals surface area contributed by atoms with Crippen molar-refractivity contribution in [1.29, 1.82) is 0 Å². The van der Waals surface area contributed by atoms with Crippen LogP contribution in [-0.2, 0) is 5.41 Å². The molecule has 1 aromatic heterocycles. The number of fused-ring (bicyclic) bond motifs is 9. The number of benzene rings is 9. The Morgan fingerprint density at radius 2 is 0.712 bits per heavy atom. The molecule has 59 heavy (non-hydrogen) atoms. The summed E-state index contributed by atoms with van der Waals surface area (Å²) < 4.78 is 2.44. The highest BCUT2D eigenvalue weighted by Crippen LogP contribution is 2.52. The Bertz CT molecular complexity index is 3180. The first-order valence-corrected chi connectivity index (χ1v) is 20.5. The molecule has 2 heterocycles. The van der Waals surface area contributed by atoms with Gasteiger partial charge in [-0.3, -0.25) is 0 Å². The Kier molecular flexibility index (Phi) is 8.20. The van der Waals surface area contributed by atoms with Gasteiger partial charge in [-0.1, -0.05) is 178 Å². The Balaban J connectivity index is 1.03. The van der Waals surface area contributed by atoms with Gasteiger partial charge in [0, 0.05) is 27.6 Å². The molecule has 0 saturated heterocycles. The molecule has 2 nitrogen and oxygen atoms in total. The number of nitrogens with zero attached hydrogens (tertiary/aromatic N) is 2. The maximum Gasteiger partial charge on any atom is 0.0540 e. The highest BCUT2D eigenvalue weighted by molar-refractivity contribution is 6.19. The second-order valence-electron chi connectivity index (χ2n) is 16.1. The fourth-order valence-electron chi connectivity index (χ4n) is 9.50. The molecule has 0 spiro atoms. The van der Waals surface area contributed by atoms with Crippen molar-refractivity contribution >= 4 is 60.4 Å². The van der Waals surface area contributed by atoms with Crippen molar-refractivity contribution < 1.29 is 0 Å². The fraction of sp³-hybridized carbons (Fsp3) is 0.0526. The van der Waals surface area contributed by atoms with E-state index in [4.69, 9.17) is 0 Å². The molecule has 0 amide bonds. The summed E-state index contributed by atoms with van der Waals surface area (Å²) >= 11 is 0. The zero-order chi connectivity index (χ0) is 39.5. The number of para-hydroxylation sites is 3. The first kappa shape index (κ1) is 34.8. The molecule has 9 aromatic carbocycles. The van der Waals surface area contributed by atoms with Gasteiger partial charge in [0.05, 0.1) is 22.4 Å². The lowest BCUT2D eigenvalue weighted by Crippen LogP contribution is -2.30. The lowest BCUT2D eigenvalue weighted by molar-refractivity contribution is 0.632. The average molecular weight is 755 g/mol. The number of rotatable bonds is 4. The third kappa shape index (κ3) is 5.71. The lowest BCUT2D eigenvalue weighted by atomic mass is 9.73. The molecule has 0 N–H and O–H groups in total. The number of anilines is 3. The Morgan fingerprint density at radius 3 is 1.29 bits per heavy atom. The zero-order valence-corrected chi connectivity index (χ0v) is 33.2. The second kappa shape index (κ2) is 13.9. The summed E-state index contributed by atoms with van der Waals surface area (Å²) in [6.45, 7) is 4.71. The van der Waals surface area contributed by atoms with Crippen LogP contribution in [0.15, 0.2) is 218 Å². The van der Waals surface area contributed by atoms with E-state index in [1.807, 2.05) is 0 Å². The van der Waals surface area contributed by atoms with Gasteiger partial charge in [0.15, 0.2) is 0 Å². The molecule has 1 aliphatic rings. The van der Waals surface area contributed by atoms with Gasteiger partial charge in [0.25, 0.3) is 0 Å². The fourth-order valence-corrected chi connectivity index (χ4v) is 9.50. The van der Waals surface area contributed by atoms with Crippen LogP contribution in [0.3, 0.4) is 0 Å². The summed E-state index contributed by atoms with van der Waals surface area (Å²) in [6.07, 6.45) is 0. The van der Waals surface area contributed by atoms with Crippen molar-refractivity contribution in [3.8, 4) is 27.9 Å². The van der Waals surface area contributed by atoms with Crippen LogP contribution in [-0.4, -0.2) is 4.57 Å². The largest absolute Gasteiger partial charge is 0.310 e. The summed E-state index contributed by atoms with van der Waals surface area (Å²) in [5.41, 5.74) is 14.3. The monoisotopic (exact) mass is 754 g/mol. The predicted molar refractivity (Wildman–Crippen MR) is 251 cm³/mol. The highest BCUT2D eigenvalue weighted by Gasteiger charge is 2.37. The molecule has 2 heteroatoms. The van der Waals surface area contributed by atoms with Crippen molar-refractivity contribution in [2.75, 3.05) is 4.90 Å². The van der Waals surface area contributed by atoms with E-state index in [2.05, 4.69) is 242 Å². The van der Waals surface area contributed by atoms with Gasteiger partial charge in [-0.2, -0.15) is 0 Å². The minimum absolute atomic E-state index is 0.158. The molecular weight excluding hydrogens is 713 g/mol. The SMILES string of the molecule is CC1(C)c2ccccc2N(c2ccc(-c3ccc(-n4c5ccccc5c5ccccc5c5ccccc5c5ccccc54)cc3)cc2)c2ccc(-c3ccccc3)cc21. The molecule has 0 bridgehead atoms. The molecule has 11 rings (SSSR count). The van der Waals surface area contributed by atoms with Gasteiger partial charge < -0.3 is 9.47 Å². The van der Waals surface area contributed by atoms with E-state index in [0.717, 1.165) is 22.4 Å². The second-order valence-corrected chi connectivity index (χ2v) is 16.1. The van der Waals surface area contributed by atoms with Crippen molar-refractivity contribution in [2.45, 2.75) is 19.3 Å². The third-order valence-electron chi connectivity index (χ3n) is 12.4. The number of hydrogen-bond donors (Lipinski definition) is 0. The Labute approximate surface area is 345 Å². The standard InChI is InChI=1S/C57H42N2/c1-57(2)51-24-12-15-27-55(51)59(56-37-32-42(38-52(56)57)39-16-4-3-5-17-39)44-35-30-41(31-36-44)40-28-33-43(34-29-40)58-53-25-13-10-22-49(53)47-20-8-6-18-45(47)46-19-7-9-21-48(46)50-23-11-14-26-54(50)58/h3-38H,1-2H3. The van der Waals surface area contributed by atoms with Crippen LogP contribution < -0.4 is 4.90 Å². The van der Waals surface area contributed by atoms with Crippen LogP contribution in [0.5, 0.6) is 0 Å². The van der Waals surface area contributed by atoms with Crippen molar-refractivity contribution in [2.24, 2.45) is 0 Å². The summed E-state index contributed by atoms with van der Waals surface area (Å²) in [7, 11) is 0. The molecule has 0 unspecified atom stereocenters. The van der Waals surface area contributed by atoms with Crippen LogP contribution in [0.4, 0.5) is 17.1 Å². The van der Waals surface area contributed by atoms with Gasteiger partial charge >= 0.3 is 0 Å². The van der Waals surface area contributed by atoms with Crippen molar-refractivity contribution in [3.63, 3.8) is 0 Å². The quantitative estimate of drug-likeness (QED) is 0.174. The van der Waals surface area contributed by atoms with Crippen molar-refractivity contribution in [3.05, 3.63) is 230 Å². The number of aromatic nitrogens is 1. The summed E-state index contributed by atoms with van der Waals surface area (Å²) in [5.74, 6) is 0. The third-order valence-corrected chi connectivity index (χ3v) is 12.4. The molecule has 0 saturated carbocycles. The van der Waals surface area contributed by atoms with Gasteiger partial charge in [0.1, 0.15) is 0 Å². The molecule has 1 aliphatic heterocycles. The molecule has 0 radical (unpaired) electrons. The zero-order valence-electron chi connectivity index (χ0n) is 33.2. The maximum atomic E-state index is 2.44. The molecular formula is C57H42N2. The topological polar surface area (TPSA) is 8.17 Å². The van der Waals surface area contributed by atoms with E-state index >= 15 is 0 Å². The maximum absolute atomic E-state index is 2.44. The summed E-state index contributed by atoms with van der Waals surface area (Å²) in [4.78, 5) is 2.44. The van der Waals surface area contributed by atoms with Crippen LogP contribution in [0.1, 0.15) is 25.0 Å². The van der Waals surface area contributed by atoms with Crippen LogP contribution >= 0.6 is 0 Å². The van der Waals surface area contributed by atoms with Crippen LogP contribution in [0.2, 0.25) is 0 Å².